The normalized spacial score (nSPS) is 16.8. The first kappa shape index (κ1) is 15.5. The first-order valence-corrected chi connectivity index (χ1v) is 8.75. The number of fused-ring (bicyclic) bond motifs is 3. The van der Waals surface area contributed by atoms with Gasteiger partial charge in [-0.2, -0.15) is 0 Å². The monoisotopic (exact) mass is 354 g/mol. The highest BCUT2D eigenvalue weighted by Gasteiger charge is 2.29. The van der Waals surface area contributed by atoms with Gasteiger partial charge in [0.15, 0.2) is 28.7 Å². The molecule has 0 saturated heterocycles. The van der Waals surface area contributed by atoms with E-state index >= 15 is 0 Å². The van der Waals surface area contributed by atoms with Crippen LogP contribution in [0.2, 0.25) is 0 Å². The Balaban J connectivity index is 1.57. The first-order valence-electron chi connectivity index (χ1n) is 8.75. The van der Waals surface area contributed by atoms with Gasteiger partial charge in [-0.15, -0.1) is 0 Å². The molecule has 0 atom stereocenters. The molecule has 0 spiro atoms. The van der Waals surface area contributed by atoms with Crippen LogP contribution in [0.15, 0.2) is 24.3 Å². The second kappa shape index (κ2) is 5.92. The number of benzene rings is 2. The molecule has 0 unspecified atom stereocenters. The van der Waals surface area contributed by atoms with Gasteiger partial charge >= 0.3 is 0 Å². The summed E-state index contributed by atoms with van der Waals surface area (Å²) >= 11 is 0. The fourth-order valence-electron chi connectivity index (χ4n) is 3.91. The van der Waals surface area contributed by atoms with E-state index < -0.39 is 0 Å². The molecule has 0 fully saturated rings. The molecule has 3 heterocycles. The number of rotatable bonds is 3. The minimum Gasteiger partial charge on any atom is -0.454 e. The van der Waals surface area contributed by atoms with E-state index in [1.54, 1.807) is 0 Å². The Bertz CT molecular complexity index is 934. The largest absolute Gasteiger partial charge is 0.454 e. The molecule has 5 rings (SSSR count). The maximum absolute atomic E-state index is 9.91. The van der Waals surface area contributed by atoms with E-state index in [-0.39, 0.29) is 20.2 Å². The van der Waals surface area contributed by atoms with Crippen LogP contribution in [-0.4, -0.2) is 42.6 Å². The predicted octanol–water partition coefficient (Wildman–Crippen LogP) is 1.87. The fraction of sp³-hybridized carbons (Fsp3) is 0.350. The zero-order valence-electron chi connectivity index (χ0n) is 14.6. The molecule has 6 nitrogen and oxygen atoms in total. The number of ether oxygens (including phenoxy) is 4. The lowest BCUT2D eigenvalue weighted by molar-refractivity contribution is -0.498. The minimum atomic E-state index is -0.0765. The highest BCUT2D eigenvalue weighted by molar-refractivity contribution is 6.01. The summed E-state index contributed by atoms with van der Waals surface area (Å²) in [5.74, 6) is 2.98. The van der Waals surface area contributed by atoms with Crippen LogP contribution in [0.3, 0.4) is 0 Å². The van der Waals surface area contributed by atoms with Gasteiger partial charge in [0, 0.05) is 17.5 Å². The van der Waals surface area contributed by atoms with Crippen molar-refractivity contribution in [3.8, 4) is 23.0 Å². The van der Waals surface area contributed by atoms with E-state index in [1.807, 2.05) is 12.1 Å². The lowest BCUT2D eigenvalue weighted by atomic mass is 9.91. The van der Waals surface area contributed by atoms with E-state index in [0.29, 0.717) is 17.9 Å². The molecule has 0 aliphatic carbocycles. The van der Waals surface area contributed by atoms with Gasteiger partial charge in [0.25, 0.3) is 0 Å². The van der Waals surface area contributed by atoms with Crippen LogP contribution in [0.5, 0.6) is 23.0 Å². The number of likely N-dealkylation sites (N-methyl/N-ethyl adjacent to an activating group) is 1. The summed E-state index contributed by atoms with van der Waals surface area (Å²) < 4.78 is 24.4. The molecule has 2 aromatic carbocycles. The Morgan fingerprint density at radius 1 is 1.00 bits per heavy atom. The summed E-state index contributed by atoms with van der Waals surface area (Å²) in [6, 6.07) is 8.10. The summed E-state index contributed by atoms with van der Waals surface area (Å²) in [6.45, 7) is 1.35. The van der Waals surface area contributed by atoms with Gasteiger partial charge in [-0.25, -0.2) is 4.58 Å². The second-order valence-corrected chi connectivity index (χ2v) is 6.75. The summed E-state index contributed by atoms with van der Waals surface area (Å²) in [5.41, 5.74) is 5.51. The standard InChI is InChI=1S/C20H20NO5/c1-21-5-4-13-7-18-19(25-10-24-18)8-14(13)16(21)6-12-2-3-17-20(15(12)9-22)26-11-23-17/h2-3,7-8,22H,4-6,9-11H2,1H3/q+1. The van der Waals surface area contributed by atoms with Gasteiger partial charge in [-0.1, -0.05) is 6.07 Å². The van der Waals surface area contributed by atoms with E-state index in [4.69, 9.17) is 18.9 Å². The van der Waals surface area contributed by atoms with Crippen molar-refractivity contribution in [1.82, 2.24) is 0 Å². The van der Waals surface area contributed by atoms with E-state index in [1.165, 1.54) is 16.8 Å². The summed E-state index contributed by atoms with van der Waals surface area (Å²) in [7, 11) is 2.11. The Labute approximate surface area is 151 Å². The Kier molecular flexibility index (Phi) is 3.53. The summed E-state index contributed by atoms with van der Waals surface area (Å²) in [6.07, 6.45) is 1.68. The van der Waals surface area contributed by atoms with Gasteiger partial charge in [0.2, 0.25) is 13.6 Å². The highest BCUT2D eigenvalue weighted by atomic mass is 16.7. The van der Waals surface area contributed by atoms with Crippen molar-refractivity contribution in [2.45, 2.75) is 19.4 Å². The molecule has 0 aromatic heterocycles. The van der Waals surface area contributed by atoms with Gasteiger partial charge < -0.3 is 24.1 Å². The van der Waals surface area contributed by atoms with Crippen molar-refractivity contribution < 1.29 is 28.6 Å². The maximum Gasteiger partial charge on any atom is 0.231 e. The maximum atomic E-state index is 9.91. The Morgan fingerprint density at radius 3 is 2.62 bits per heavy atom. The van der Waals surface area contributed by atoms with Crippen molar-refractivity contribution in [2.75, 3.05) is 27.2 Å². The molecule has 6 heteroatoms. The third-order valence-corrected chi connectivity index (χ3v) is 5.34. The first-order chi connectivity index (χ1) is 12.7. The van der Waals surface area contributed by atoms with Crippen LogP contribution in [0.25, 0.3) is 0 Å². The SMILES string of the molecule is C[N+]1=C(Cc2ccc3c(c2CO)OCO3)c2cc3c(cc2CC1)OCO3. The van der Waals surface area contributed by atoms with Crippen molar-refractivity contribution in [2.24, 2.45) is 0 Å². The van der Waals surface area contributed by atoms with Crippen LogP contribution in [0.4, 0.5) is 0 Å². The molecule has 3 aliphatic heterocycles. The number of aliphatic hydroxyl groups excluding tert-OH is 1. The Hall–Kier alpha value is -2.73. The van der Waals surface area contributed by atoms with Gasteiger partial charge in [0.1, 0.15) is 13.6 Å². The second-order valence-electron chi connectivity index (χ2n) is 6.75. The molecule has 2 aromatic rings. The molecule has 0 radical (unpaired) electrons. The zero-order chi connectivity index (χ0) is 17.7. The van der Waals surface area contributed by atoms with Crippen molar-refractivity contribution >= 4 is 5.71 Å². The highest BCUT2D eigenvalue weighted by Crippen LogP contribution is 2.39. The van der Waals surface area contributed by atoms with Gasteiger partial charge in [0.05, 0.1) is 13.0 Å². The lowest BCUT2D eigenvalue weighted by Crippen LogP contribution is -2.29. The smallest absolute Gasteiger partial charge is 0.231 e. The molecular formula is C20H20NO5+. The number of aliphatic hydroxyl groups is 1. The topological polar surface area (TPSA) is 60.2 Å². The third-order valence-electron chi connectivity index (χ3n) is 5.34. The minimum absolute atomic E-state index is 0.0765. The average Bonchev–Trinajstić information content (AvgIpc) is 3.30. The molecule has 0 saturated carbocycles. The van der Waals surface area contributed by atoms with E-state index in [2.05, 4.69) is 23.8 Å². The zero-order valence-corrected chi connectivity index (χ0v) is 14.6. The summed E-state index contributed by atoms with van der Waals surface area (Å²) in [5, 5.41) is 9.91. The molecule has 26 heavy (non-hydrogen) atoms. The lowest BCUT2D eigenvalue weighted by Gasteiger charge is -2.18. The van der Waals surface area contributed by atoms with Crippen LogP contribution in [-0.2, 0) is 19.4 Å². The molecule has 3 aliphatic rings. The number of nitrogens with zero attached hydrogens (tertiary/aromatic N) is 1. The molecular weight excluding hydrogens is 334 g/mol. The quantitative estimate of drug-likeness (QED) is 0.853. The van der Waals surface area contributed by atoms with Crippen molar-refractivity contribution in [3.63, 3.8) is 0 Å². The molecule has 1 N–H and O–H groups in total. The van der Waals surface area contributed by atoms with E-state index in [0.717, 1.165) is 35.6 Å². The van der Waals surface area contributed by atoms with Crippen molar-refractivity contribution in [3.05, 3.63) is 46.5 Å². The fourth-order valence-corrected chi connectivity index (χ4v) is 3.91. The average molecular weight is 354 g/mol. The van der Waals surface area contributed by atoms with Crippen LogP contribution < -0.4 is 18.9 Å². The number of hydrogen-bond acceptors (Lipinski definition) is 5. The van der Waals surface area contributed by atoms with Crippen LogP contribution >= 0.6 is 0 Å². The van der Waals surface area contributed by atoms with E-state index in [9.17, 15) is 5.11 Å². The van der Waals surface area contributed by atoms with Crippen LogP contribution in [0.1, 0.15) is 22.3 Å². The van der Waals surface area contributed by atoms with Crippen LogP contribution in [0, 0.1) is 0 Å². The summed E-state index contributed by atoms with van der Waals surface area (Å²) in [4.78, 5) is 0. The molecule has 134 valence electrons. The van der Waals surface area contributed by atoms with Crippen molar-refractivity contribution in [1.29, 1.82) is 0 Å². The number of hydrogen-bond donors (Lipinski definition) is 1. The Morgan fingerprint density at radius 2 is 1.77 bits per heavy atom. The molecule has 0 bridgehead atoms. The predicted molar refractivity (Wildman–Crippen MR) is 93.6 cm³/mol. The van der Waals surface area contributed by atoms with Gasteiger partial charge in [-0.05, 0) is 29.3 Å². The third kappa shape index (κ3) is 2.33. The van der Waals surface area contributed by atoms with Gasteiger partial charge in [-0.3, -0.25) is 0 Å². The molecule has 0 amide bonds.